The first-order chi connectivity index (χ1) is 14.7. The van der Waals surface area contributed by atoms with E-state index in [-0.39, 0.29) is 22.7 Å². The zero-order chi connectivity index (χ0) is 22.6. The molecule has 0 fully saturated rings. The Labute approximate surface area is 178 Å². The summed E-state index contributed by atoms with van der Waals surface area (Å²) >= 11 is 1.14. The molecule has 2 aromatic rings. The highest BCUT2D eigenvalue weighted by Gasteiger charge is 2.36. The van der Waals surface area contributed by atoms with Crippen molar-refractivity contribution < 1.29 is 27.1 Å². The summed E-state index contributed by atoms with van der Waals surface area (Å²) in [7, 11) is 0. The fourth-order valence-electron chi connectivity index (χ4n) is 2.97. The number of nitrogens with one attached hydrogen (secondary N) is 1. The highest BCUT2D eigenvalue weighted by molar-refractivity contribution is 8.14. The Bertz CT molecular complexity index is 962. The number of halogens is 4. The molecule has 8 nitrogen and oxygen atoms in total. The van der Waals surface area contributed by atoms with Crippen LogP contribution in [0.4, 0.5) is 23.2 Å². The molecule has 0 saturated heterocycles. The zero-order valence-corrected chi connectivity index (χ0v) is 17.0. The zero-order valence-electron chi connectivity index (χ0n) is 16.1. The number of nitrogens with zero attached hydrogens (tertiary/aromatic N) is 4. The first kappa shape index (κ1) is 22.9. The number of carbonyl (C=O) groups excluding carboxylic acids is 1. The van der Waals surface area contributed by atoms with Crippen molar-refractivity contribution in [3.8, 4) is 0 Å². The van der Waals surface area contributed by atoms with Gasteiger partial charge in [-0.3, -0.25) is 14.8 Å². The minimum atomic E-state index is -2.89. The molecule has 13 heteroatoms. The first-order valence-corrected chi connectivity index (χ1v) is 9.84. The molecule has 166 valence electrons. The third kappa shape index (κ3) is 5.88. The number of carbonyl (C=O) groups is 1. The van der Waals surface area contributed by atoms with E-state index in [1.807, 2.05) is 0 Å². The molecule has 3 N–H and O–H groups in total. The Morgan fingerprint density at radius 2 is 2.10 bits per heavy atom. The maximum absolute atomic E-state index is 12.6. The maximum Gasteiger partial charge on any atom is 0.345 e. The second-order valence-corrected chi connectivity index (χ2v) is 8.09. The second-order valence-electron chi connectivity index (χ2n) is 6.77. The normalized spacial score (nSPS) is 21.3. The molecular formula is C18H18F4N6O2S. The Kier molecular flexibility index (Phi) is 7.05. The molecule has 0 radical (unpaired) electrons. The van der Waals surface area contributed by atoms with Crippen molar-refractivity contribution >= 4 is 28.5 Å². The van der Waals surface area contributed by atoms with Crippen LogP contribution in [-0.4, -0.2) is 44.5 Å². The molecule has 0 bridgehead atoms. The second kappa shape index (κ2) is 9.56. The monoisotopic (exact) mass is 458 g/mol. The summed E-state index contributed by atoms with van der Waals surface area (Å²) in [6.07, 6.45) is 0.773. The van der Waals surface area contributed by atoms with Crippen LogP contribution in [-0.2, 0) is 10.3 Å². The number of aliphatic imine (C=N–C) groups is 1. The average molecular weight is 458 g/mol. The number of amidine groups is 1. The number of pyridine rings is 1. The van der Waals surface area contributed by atoms with Gasteiger partial charge in [0.1, 0.15) is 16.9 Å². The Balaban J connectivity index is 1.75. The van der Waals surface area contributed by atoms with Crippen molar-refractivity contribution in [2.45, 2.75) is 37.2 Å². The minimum absolute atomic E-state index is 0.144. The number of hydrogen-bond acceptors (Lipinski definition) is 8. The van der Waals surface area contributed by atoms with Crippen LogP contribution in [0.25, 0.3) is 0 Å². The summed E-state index contributed by atoms with van der Waals surface area (Å²) in [5, 5.41) is 2.44. The van der Waals surface area contributed by atoms with Crippen molar-refractivity contribution in [1.29, 1.82) is 0 Å². The molecule has 1 amide bonds. The van der Waals surface area contributed by atoms with Crippen LogP contribution in [0.1, 0.15) is 41.6 Å². The van der Waals surface area contributed by atoms with Crippen LogP contribution in [0.3, 0.4) is 0 Å². The average Bonchev–Trinajstić information content (AvgIpc) is 2.72. The molecule has 0 unspecified atom stereocenters. The third-order valence-corrected chi connectivity index (χ3v) is 5.34. The molecule has 0 saturated carbocycles. The predicted molar refractivity (Wildman–Crippen MR) is 106 cm³/mol. The molecular weight excluding hydrogens is 440 g/mol. The van der Waals surface area contributed by atoms with Crippen molar-refractivity contribution in [2.24, 2.45) is 10.7 Å². The lowest BCUT2D eigenvalue weighted by Crippen LogP contribution is -2.36. The summed E-state index contributed by atoms with van der Waals surface area (Å²) in [6, 6.07) is 3.09. The minimum Gasteiger partial charge on any atom is -0.379 e. The number of anilines is 1. The molecule has 31 heavy (non-hydrogen) atoms. The lowest BCUT2D eigenvalue weighted by molar-refractivity contribution is -0.128. The van der Waals surface area contributed by atoms with Gasteiger partial charge in [0, 0.05) is 17.1 Å². The van der Waals surface area contributed by atoms with Crippen molar-refractivity contribution in [1.82, 2.24) is 15.0 Å². The lowest BCUT2D eigenvalue weighted by Gasteiger charge is -2.33. The first-order valence-electron chi connectivity index (χ1n) is 8.96. The summed E-state index contributed by atoms with van der Waals surface area (Å²) in [5.41, 5.74) is 5.08. The number of aromatic nitrogens is 3. The number of nitrogens with two attached hydrogens (primary N) is 1. The van der Waals surface area contributed by atoms with E-state index in [2.05, 4.69) is 30.0 Å². The van der Waals surface area contributed by atoms with Gasteiger partial charge in [-0.15, -0.1) is 0 Å². The van der Waals surface area contributed by atoms with Crippen LogP contribution >= 0.6 is 11.8 Å². The van der Waals surface area contributed by atoms with Gasteiger partial charge in [-0.2, -0.15) is 8.78 Å². The van der Waals surface area contributed by atoms with Gasteiger partial charge in [0.25, 0.3) is 12.3 Å². The summed E-state index contributed by atoms with van der Waals surface area (Å²) in [4.78, 5) is 28.2. The molecule has 3 heterocycles. The number of thioether (sulfide) groups is 1. The standard InChI is InChI=1S/C18H18F4N6O2S/c1-18(5-10(8-30-16(21)22)31-17(23)28-18)13-4-9(2-3-24-13)27-15(29)12-7-25-11(6-26-12)14(19)20/h2-4,6-7,10,14,16H,5,8H2,1H3,(H2,23,28)(H,24,27,29)/t10-,18-/m0/s1. The van der Waals surface area contributed by atoms with E-state index in [0.29, 0.717) is 17.8 Å². The molecule has 0 aromatic carbocycles. The predicted octanol–water partition coefficient (Wildman–Crippen LogP) is 3.34. The number of amides is 1. The van der Waals surface area contributed by atoms with Crippen LogP contribution in [0.2, 0.25) is 0 Å². The summed E-state index contributed by atoms with van der Waals surface area (Å²) in [5.74, 6) is -0.652. The molecule has 1 aliphatic rings. The van der Waals surface area contributed by atoms with Gasteiger partial charge < -0.3 is 15.8 Å². The smallest absolute Gasteiger partial charge is 0.345 e. The van der Waals surface area contributed by atoms with E-state index in [4.69, 9.17) is 5.73 Å². The summed E-state index contributed by atoms with van der Waals surface area (Å²) in [6.45, 7) is -1.35. The van der Waals surface area contributed by atoms with Gasteiger partial charge in [0.2, 0.25) is 0 Å². The highest BCUT2D eigenvalue weighted by Crippen LogP contribution is 2.38. The number of alkyl halides is 4. The van der Waals surface area contributed by atoms with Gasteiger partial charge in [-0.1, -0.05) is 11.8 Å². The van der Waals surface area contributed by atoms with Crippen LogP contribution < -0.4 is 11.1 Å². The maximum atomic E-state index is 12.6. The Morgan fingerprint density at radius 1 is 1.32 bits per heavy atom. The molecule has 3 rings (SSSR count). The van der Waals surface area contributed by atoms with Gasteiger partial charge in [0.05, 0.1) is 24.7 Å². The van der Waals surface area contributed by atoms with Crippen LogP contribution in [0, 0.1) is 0 Å². The molecule has 2 aromatic heterocycles. The van der Waals surface area contributed by atoms with Crippen molar-refractivity contribution in [2.75, 3.05) is 11.9 Å². The van der Waals surface area contributed by atoms with Gasteiger partial charge in [0.15, 0.2) is 5.17 Å². The quantitative estimate of drug-likeness (QED) is 0.612. The fraction of sp³-hybridized carbons (Fsp3) is 0.389. The Hall–Kier alpha value is -2.80. The van der Waals surface area contributed by atoms with E-state index in [9.17, 15) is 22.4 Å². The van der Waals surface area contributed by atoms with E-state index in [0.717, 1.165) is 24.2 Å². The van der Waals surface area contributed by atoms with E-state index < -0.39 is 30.2 Å². The lowest BCUT2D eigenvalue weighted by atomic mass is 9.91. The molecule has 1 aliphatic heterocycles. The molecule has 2 atom stereocenters. The number of hydrogen-bond donors (Lipinski definition) is 2. The van der Waals surface area contributed by atoms with E-state index in [1.165, 1.54) is 12.3 Å². The van der Waals surface area contributed by atoms with Crippen LogP contribution in [0.15, 0.2) is 35.7 Å². The molecule has 0 aliphatic carbocycles. The van der Waals surface area contributed by atoms with Gasteiger partial charge in [-0.05, 0) is 25.5 Å². The topological polar surface area (TPSA) is 115 Å². The van der Waals surface area contributed by atoms with Crippen molar-refractivity contribution in [3.05, 3.63) is 47.8 Å². The van der Waals surface area contributed by atoms with Crippen molar-refractivity contribution in [3.63, 3.8) is 0 Å². The summed E-state index contributed by atoms with van der Waals surface area (Å²) < 4.78 is 54.3. The molecule has 0 spiro atoms. The number of ether oxygens (including phenoxy) is 1. The van der Waals surface area contributed by atoms with Crippen LogP contribution in [0.5, 0.6) is 0 Å². The SMILES string of the molecule is C[C@@]1(c2cc(NC(=O)c3cnc(C(F)F)cn3)ccn2)C[C@@H](COC(F)F)SC(N)=N1. The third-order valence-electron chi connectivity index (χ3n) is 4.38. The highest BCUT2D eigenvalue weighted by atomic mass is 32.2. The number of rotatable bonds is 7. The fourth-order valence-corrected chi connectivity index (χ4v) is 4.12. The Morgan fingerprint density at radius 3 is 2.74 bits per heavy atom. The van der Waals surface area contributed by atoms with E-state index >= 15 is 0 Å². The largest absolute Gasteiger partial charge is 0.379 e. The van der Waals surface area contributed by atoms with Gasteiger partial charge >= 0.3 is 6.61 Å². The van der Waals surface area contributed by atoms with E-state index in [1.54, 1.807) is 13.0 Å². The van der Waals surface area contributed by atoms with Gasteiger partial charge in [-0.25, -0.2) is 18.8 Å².